The maximum Gasteiger partial charge on any atom is 0.230 e. The number of aliphatic imine (C=N–C) groups is 1. The third-order valence-electron chi connectivity index (χ3n) is 5.51. The van der Waals surface area contributed by atoms with Crippen LogP contribution in [0.1, 0.15) is 31.2 Å². The van der Waals surface area contributed by atoms with E-state index in [2.05, 4.69) is 58.1 Å². The molecular formula is C22H30N4O. The smallest absolute Gasteiger partial charge is 0.230 e. The van der Waals surface area contributed by atoms with E-state index in [4.69, 9.17) is 0 Å². The van der Waals surface area contributed by atoms with Crippen LogP contribution >= 0.6 is 0 Å². The van der Waals surface area contributed by atoms with Gasteiger partial charge in [-0.1, -0.05) is 49.2 Å². The normalized spacial score (nSPS) is 16.3. The second kappa shape index (κ2) is 8.42. The summed E-state index contributed by atoms with van der Waals surface area (Å²) < 4.78 is 0. The molecule has 2 aromatic rings. The van der Waals surface area contributed by atoms with Gasteiger partial charge in [0, 0.05) is 34.2 Å². The van der Waals surface area contributed by atoms with Crippen LogP contribution in [0, 0.1) is 5.41 Å². The summed E-state index contributed by atoms with van der Waals surface area (Å²) in [6.07, 6.45) is 4.12. The minimum absolute atomic E-state index is 0.220. The van der Waals surface area contributed by atoms with Gasteiger partial charge in [0.1, 0.15) is 0 Å². The SMILES string of the molecule is CN=C(NCc1ccc2ccccc2c1)NCC1(C(=O)N(C)C)CCCC1. The lowest BCUT2D eigenvalue weighted by atomic mass is 9.84. The van der Waals surface area contributed by atoms with Crippen LogP contribution in [0.2, 0.25) is 0 Å². The predicted octanol–water partition coefficient (Wildman–Crippen LogP) is 3.15. The maximum atomic E-state index is 12.7. The zero-order valence-electron chi connectivity index (χ0n) is 16.6. The number of carbonyl (C=O) groups is 1. The van der Waals surface area contributed by atoms with Crippen LogP contribution in [0.4, 0.5) is 0 Å². The standard InChI is InChI=1S/C22H30N4O/c1-23-21(25-16-22(12-6-7-13-22)20(27)26(2)3)24-15-17-10-11-18-8-4-5-9-19(18)14-17/h4-5,8-11,14H,6-7,12-13,15-16H2,1-3H3,(H2,23,24,25). The first-order chi connectivity index (χ1) is 13.0. The van der Waals surface area contributed by atoms with E-state index >= 15 is 0 Å². The van der Waals surface area contributed by atoms with Crippen LogP contribution in [0.25, 0.3) is 10.8 Å². The molecule has 1 aliphatic carbocycles. The molecule has 5 nitrogen and oxygen atoms in total. The number of nitrogens with zero attached hydrogens (tertiary/aromatic N) is 2. The van der Waals surface area contributed by atoms with E-state index in [0.717, 1.165) is 31.6 Å². The van der Waals surface area contributed by atoms with Gasteiger partial charge in [-0.3, -0.25) is 9.79 Å². The number of hydrogen-bond acceptors (Lipinski definition) is 2. The van der Waals surface area contributed by atoms with Crippen molar-refractivity contribution in [3.8, 4) is 0 Å². The molecule has 0 heterocycles. The average Bonchev–Trinajstić information content (AvgIpc) is 3.17. The minimum Gasteiger partial charge on any atom is -0.355 e. The van der Waals surface area contributed by atoms with E-state index < -0.39 is 0 Å². The molecule has 3 rings (SSSR count). The van der Waals surface area contributed by atoms with Gasteiger partial charge >= 0.3 is 0 Å². The Morgan fingerprint density at radius 3 is 2.44 bits per heavy atom. The van der Waals surface area contributed by atoms with Gasteiger partial charge in [0.25, 0.3) is 0 Å². The van der Waals surface area contributed by atoms with Crippen molar-refractivity contribution in [2.75, 3.05) is 27.7 Å². The number of rotatable bonds is 5. The molecule has 0 aromatic heterocycles. The number of guanidine groups is 1. The van der Waals surface area contributed by atoms with Crippen LogP contribution in [-0.2, 0) is 11.3 Å². The predicted molar refractivity (Wildman–Crippen MR) is 112 cm³/mol. The van der Waals surface area contributed by atoms with Crippen LogP contribution < -0.4 is 10.6 Å². The second-order valence-electron chi connectivity index (χ2n) is 7.65. The lowest BCUT2D eigenvalue weighted by Crippen LogP contribution is -2.49. The number of fused-ring (bicyclic) bond motifs is 1. The fourth-order valence-electron chi connectivity index (χ4n) is 4.00. The Morgan fingerprint density at radius 1 is 1.07 bits per heavy atom. The molecule has 0 radical (unpaired) electrons. The summed E-state index contributed by atoms with van der Waals surface area (Å²) in [6.45, 7) is 1.32. The fraction of sp³-hybridized carbons (Fsp3) is 0.455. The van der Waals surface area contributed by atoms with E-state index in [1.807, 2.05) is 14.1 Å². The molecule has 1 aliphatic rings. The van der Waals surface area contributed by atoms with Crippen LogP contribution in [0.5, 0.6) is 0 Å². The summed E-state index contributed by atoms with van der Waals surface area (Å²) >= 11 is 0. The topological polar surface area (TPSA) is 56.7 Å². The Hall–Kier alpha value is -2.56. The highest BCUT2D eigenvalue weighted by Gasteiger charge is 2.42. The summed E-state index contributed by atoms with van der Waals surface area (Å²) in [6, 6.07) is 14.8. The van der Waals surface area contributed by atoms with Crippen molar-refractivity contribution in [1.29, 1.82) is 0 Å². The van der Waals surface area contributed by atoms with Crippen LogP contribution in [0.15, 0.2) is 47.5 Å². The first kappa shape index (κ1) is 19.2. The molecule has 5 heteroatoms. The Bertz CT molecular complexity index is 822. The number of carbonyl (C=O) groups excluding carboxylic acids is 1. The van der Waals surface area contributed by atoms with E-state index in [1.165, 1.54) is 16.3 Å². The molecule has 0 bridgehead atoms. The lowest BCUT2D eigenvalue weighted by molar-refractivity contribution is -0.138. The van der Waals surface area contributed by atoms with Crippen molar-refractivity contribution < 1.29 is 4.79 Å². The van der Waals surface area contributed by atoms with Gasteiger partial charge in [-0.25, -0.2) is 0 Å². The second-order valence-corrected chi connectivity index (χ2v) is 7.65. The third-order valence-corrected chi connectivity index (χ3v) is 5.51. The van der Waals surface area contributed by atoms with Gasteiger partial charge < -0.3 is 15.5 Å². The van der Waals surface area contributed by atoms with E-state index in [9.17, 15) is 4.79 Å². The quantitative estimate of drug-likeness (QED) is 0.631. The van der Waals surface area contributed by atoms with Crippen molar-refractivity contribution in [3.63, 3.8) is 0 Å². The van der Waals surface area contributed by atoms with Gasteiger partial charge in [-0.15, -0.1) is 0 Å². The highest BCUT2D eigenvalue weighted by atomic mass is 16.2. The zero-order chi connectivity index (χ0) is 19.3. The van der Waals surface area contributed by atoms with E-state index in [0.29, 0.717) is 13.1 Å². The average molecular weight is 367 g/mol. The molecule has 27 heavy (non-hydrogen) atoms. The Labute approximate surface area is 161 Å². The van der Waals surface area contributed by atoms with Crippen molar-refractivity contribution in [3.05, 3.63) is 48.0 Å². The third kappa shape index (κ3) is 4.41. The van der Waals surface area contributed by atoms with Crippen molar-refractivity contribution in [2.45, 2.75) is 32.2 Å². The fourth-order valence-corrected chi connectivity index (χ4v) is 4.00. The summed E-state index contributed by atoms with van der Waals surface area (Å²) in [7, 11) is 5.45. The lowest BCUT2D eigenvalue weighted by Gasteiger charge is -2.31. The van der Waals surface area contributed by atoms with Gasteiger partial charge in [0.15, 0.2) is 5.96 Å². The molecule has 1 saturated carbocycles. The van der Waals surface area contributed by atoms with E-state index in [-0.39, 0.29) is 11.3 Å². The number of amides is 1. The molecule has 144 valence electrons. The van der Waals surface area contributed by atoms with Gasteiger partial charge in [-0.2, -0.15) is 0 Å². The van der Waals surface area contributed by atoms with Gasteiger partial charge in [0.2, 0.25) is 5.91 Å². The van der Waals surface area contributed by atoms with Crippen LogP contribution in [-0.4, -0.2) is 44.5 Å². The van der Waals surface area contributed by atoms with Crippen molar-refractivity contribution in [2.24, 2.45) is 10.4 Å². The molecule has 0 saturated heterocycles. The van der Waals surface area contributed by atoms with Gasteiger partial charge in [-0.05, 0) is 35.2 Å². The molecule has 2 aromatic carbocycles. The molecule has 2 N–H and O–H groups in total. The van der Waals surface area contributed by atoms with Gasteiger partial charge in [0.05, 0.1) is 5.41 Å². The summed E-state index contributed by atoms with van der Waals surface area (Å²) in [4.78, 5) is 18.7. The maximum absolute atomic E-state index is 12.7. The monoisotopic (exact) mass is 366 g/mol. The molecule has 1 fully saturated rings. The highest BCUT2D eigenvalue weighted by Crippen LogP contribution is 2.38. The van der Waals surface area contributed by atoms with E-state index in [1.54, 1.807) is 11.9 Å². The minimum atomic E-state index is -0.302. The largest absolute Gasteiger partial charge is 0.355 e. The molecule has 0 aliphatic heterocycles. The molecule has 0 spiro atoms. The first-order valence-corrected chi connectivity index (χ1v) is 9.68. The van der Waals surface area contributed by atoms with Crippen LogP contribution in [0.3, 0.4) is 0 Å². The molecular weight excluding hydrogens is 336 g/mol. The Balaban J connectivity index is 1.61. The molecule has 1 amide bonds. The summed E-state index contributed by atoms with van der Waals surface area (Å²) in [5.74, 6) is 0.957. The summed E-state index contributed by atoms with van der Waals surface area (Å²) in [5, 5.41) is 9.24. The Morgan fingerprint density at radius 2 is 1.78 bits per heavy atom. The number of nitrogens with one attached hydrogen (secondary N) is 2. The molecule has 0 atom stereocenters. The van der Waals surface area contributed by atoms with Crippen molar-refractivity contribution in [1.82, 2.24) is 15.5 Å². The summed E-state index contributed by atoms with van der Waals surface area (Å²) in [5.41, 5.74) is 0.904. The first-order valence-electron chi connectivity index (χ1n) is 9.68. The molecule has 0 unspecified atom stereocenters. The number of benzene rings is 2. The van der Waals surface area contributed by atoms with Crippen molar-refractivity contribution >= 4 is 22.6 Å². The number of hydrogen-bond donors (Lipinski definition) is 2. The zero-order valence-corrected chi connectivity index (χ0v) is 16.6. The highest BCUT2D eigenvalue weighted by molar-refractivity contribution is 5.85. The Kier molecular flexibility index (Phi) is 5.99.